The predicted molar refractivity (Wildman–Crippen MR) is 121 cm³/mol. The molecule has 0 bridgehead atoms. The highest BCUT2D eigenvalue weighted by Gasteiger charge is 2.16. The molecule has 7 nitrogen and oxygen atoms in total. The van der Waals surface area contributed by atoms with E-state index in [0.29, 0.717) is 6.54 Å². The van der Waals surface area contributed by atoms with Crippen LogP contribution in [-0.2, 0) is 28.8 Å². The van der Waals surface area contributed by atoms with Crippen LogP contribution in [0.1, 0.15) is 49.7 Å². The van der Waals surface area contributed by atoms with E-state index in [0.717, 1.165) is 37.7 Å². The number of carbonyl (C=O) groups is 1. The van der Waals surface area contributed by atoms with Crippen LogP contribution in [0.2, 0.25) is 6.55 Å². The van der Waals surface area contributed by atoms with E-state index < -0.39 is 26.1 Å². The molecule has 1 aromatic carbocycles. The highest BCUT2D eigenvalue weighted by Crippen LogP contribution is 2.17. The maximum absolute atomic E-state index is 12.1. The summed E-state index contributed by atoms with van der Waals surface area (Å²) in [5.74, 6) is -0.244. The number of carbonyl (C=O) groups excluding carboxylic acids is 1. The van der Waals surface area contributed by atoms with E-state index >= 15 is 0 Å². The summed E-state index contributed by atoms with van der Waals surface area (Å²) in [4.78, 5) is 12.1. The lowest BCUT2D eigenvalue weighted by atomic mass is 9.95. The number of hydrogen-bond acceptors (Lipinski definition) is 5. The van der Waals surface area contributed by atoms with Crippen LogP contribution in [0, 0.1) is 0 Å². The van der Waals surface area contributed by atoms with Gasteiger partial charge in [0.1, 0.15) is 0 Å². The Hall–Kier alpha value is -1.26. The Balaban J connectivity index is 1.59. The normalized spacial score (nSPS) is 16.5. The van der Waals surface area contributed by atoms with Gasteiger partial charge in [-0.1, -0.05) is 50.1 Å². The topological polar surface area (TPSA) is 99.3 Å². The van der Waals surface area contributed by atoms with E-state index in [9.17, 15) is 13.2 Å². The summed E-state index contributed by atoms with van der Waals surface area (Å²) < 4.78 is 23.8. The van der Waals surface area contributed by atoms with Gasteiger partial charge in [-0.25, -0.2) is 13.1 Å². The summed E-state index contributed by atoms with van der Waals surface area (Å²) in [6.45, 7) is 5.22. The fourth-order valence-corrected chi connectivity index (χ4v) is 5.67. The molecule has 29 heavy (non-hydrogen) atoms. The van der Waals surface area contributed by atoms with Gasteiger partial charge in [0.15, 0.2) is 0 Å². The molecule has 164 valence electrons. The molecule has 0 unspecified atom stereocenters. The molecule has 1 aliphatic carbocycles. The third kappa shape index (κ3) is 9.86. The van der Waals surface area contributed by atoms with E-state index in [2.05, 4.69) is 32.8 Å². The molecular formula is C20H36N4O3SSi. The molecule has 0 spiro atoms. The molecule has 1 saturated carbocycles. The highest BCUT2D eigenvalue weighted by molar-refractivity contribution is 7.70. The molecule has 1 aromatic rings. The number of amides is 1. The molecule has 2 rings (SSSR count). The molecule has 0 aromatic heterocycles. The van der Waals surface area contributed by atoms with Crippen LogP contribution in [0.3, 0.4) is 0 Å². The second-order valence-electron chi connectivity index (χ2n) is 7.70. The Kier molecular flexibility index (Phi) is 11.5. The largest absolute Gasteiger partial charge is 0.351 e. The van der Waals surface area contributed by atoms with Crippen molar-refractivity contribution in [2.75, 3.05) is 13.1 Å². The Labute approximate surface area is 178 Å². The second-order valence-corrected chi connectivity index (χ2v) is 10.1. The average Bonchev–Trinajstić information content (AvgIpc) is 2.74. The van der Waals surface area contributed by atoms with Crippen LogP contribution < -0.4 is 20.7 Å². The van der Waals surface area contributed by atoms with E-state index in [-0.39, 0.29) is 5.91 Å². The van der Waals surface area contributed by atoms with Crippen molar-refractivity contribution in [2.24, 2.45) is 0 Å². The molecule has 4 N–H and O–H groups in total. The van der Waals surface area contributed by atoms with Gasteiger partial charge in [-0.2, -0.15) is 0 Å². The first-order valence-corrected chi connectivity index (χ1v) is 14.2. The summed E-state index contributed by atoms with van der Waals surface area (Å²) in [7, 11) is -3.56. The third-order valence-electron chi connectivity index (χ3n) is 5.37. The van der Waals surface area contributed by atoms with Crippen molar-refractivity contribution in [3.63, 3.8) is 0 Å². The van der Waals surface area contributed by atoms with Crippen molar-refractivity contribution < 1.29 is 13.2 Å². The van der Waals surface area contributed by atoms with Crippen molar-refractivity contribution >= 4 is 26.3 Å². The van der Waals surface area contributed by atoms with Gasteiger partial charge in [-0.15, -0.1) is 0 Å². The Morgan fingerprint density at radius 2 is 1.72 bits per heavy atom. The van der Waals surface area contributed by atoms with E-state index in [4.69, 9.17) is 0 Å². The van der Waals surface area contributed by atoms with Gasteiger partial charge < -0.3 is 16.0 Å². The number of benzene rings is 1. The van der Waals surface area contributed by atoms with Crippen molar-refractivity contribution in [1.82, 2.24) is 20.7 Å². The Morgan fingerprint density at radius 1 is 1.07 bits per heavy atom. The zero-order chi connectivity index (χ0) is 20.9. The third-order valence-corrected chi connectivity index (χ3v) is 7.63. The summed E-state index contributed by atoms with van der Waals surface area (Å²) in [6.07, 6.45) is 7.93. The van der Waals surface area contributed by atoms with Gasteiger partial charge >= 0.3 is 0 Å². The van der Waals surface area contributed by atoms with E-state index in [1.54, 1.807) is 0 Å². The van der Waals surface area contributed by atoms with Crippen LogP contribution in [0.4, 0.5) is 0 Å². The minimum atomic E-state index is -2.75. The Bertz CT molecular complexity index is 671. The zero-order valence-corrected chi connectivity index (χ0v) is 19.7. The van der Waals surface area contributed by atoms with E-state index in [1.165, 1.54) is 37.7 Å². The molecular weight excluding hydrogens is 404 g/mol. The molecule has 0 aliphatic heterocycles. The van der Waals surface area contributed by atoms with Gasteiger partial charge in [-0.3, -0.25) is 4.79 Å². The highest BCUT2D eigenvalue weighted by atomic mass is 32.2. The van der Waals surface area contributed by atoms with Gasteiger partial charge in [-0.05, 0) is 43.5 Å². The lowest BCUT2D eigenvalue weighted by molar-refractivity contribution is -0.121. The molecule has 1 atom stereocenters. The molecule has 0 radical (unpaired) electrons. The SMILES string of the molecule is C[SiH2][C@H](N[SH](=O)=O)C(=O)NCc1ccc(CNCCCNC2CCCCC2)cc1. The second kappa shape index (κ2) is 13.9. The molecule has 1 amide bonds. The van der Waals surface area contributed by atoms with Crippen LogP contribution in [0.15, 0.2) is 24.3 Å². The quantitative estimate of drug-likeness (QED) is 0.173. The summed E-state index contributed by atoms with van der Waals surface area (Å²) >= 11 is 0. The van der Waals surface area contributed by atoms with Crippen molar-refractivity contribution in [2.45, 2.75) is 69.9 Å². The van der Waals surface area contributed by atoms with Gasteiger partial charge in [0.25, 0.3) is 0 Å². The van der Waals surface area contributed by atoms with Gasteiger partial charge in [0, 0.05) is 19.1 Å². The maximum Gasteiger partial charge on any atom is 0.234 e. The molecule has 1 aliphatic rings. The first-order chi connectivity index (χ1) is 14.1. The average molecular weight is 441 g/mol. The van der Waals surface area contributed by atoms with Gasteiger partial charge in [0.2, 0.25) is 16.8 Å². The summed E-state index contributed by atoms with van der Waals surface area (Å²) in [5.41, 5.74) is 1.64. The summed E-state index contributed by atoms with van der Waals surface area (Å²) in [5, 5.41) is 9.95. The fourth-order valence-electron chi connectivity index (χ4n) is 3.61. The summed E-state index contributed by atoms with van der Waals surface area (Å²) in [6, 6.07) is 8.86. The predicted octanol–water partition coefficient (Wildman–Crippen LogP) is 0.364. The molecule has 0 saturated heterocycles. The minimum Gasteiger partial charge on any atom is -0.351 e. The monoisotopic (exact) mass is 440 g/mol. The molecule has 1 fully saturated rings. The van der Waals surface area contributed by atoms with Crippen LogP contribution in [-0.4, -0.2) is 48.6 Å². The molecule has 0 heterocycles. The van der Waals surface area contributed by atoms with Crippen LogP contribution >= 0.6 is 0 Å². The number of rotatable bonds is 13. The fraction of sp³-hybridized carbons (Fsp3) is 0.650. The van der Waals surface area contributed by atoms with E-state index in [1.807, 2.05) is 18.7 Å². The zero-order valence-electron chi connectivity index (χ0n) is 17.4. The first kappa shape index (κ1) is 24.0. The number of thiol groups is 1. The lowest BCUT2D eigenvalue weighted by Gasteiger charge is -2.22. The standard InChI is InChI=1S/C20H36N4O3SSi/c1-29-20(24-28(26)27)19(25)23-15-17-10-8-16(9-11-17)14-21-12-5-13-22-18-6-3-2-4-7-18/h8-11,18,20-22,28H,2-7,12-15,29H2,1H3,(H,23,25)(H,24,26,27)/t20-/m0/s1. The Morgan fingerprint density at radius 3 is 2.34 bits per heavy atom. The number of nitrogens with one attached hydrogen (secondary N) is 4. The van der Waals surface area contributed by atoms with Crippen molar-refractivity contribution in [1.29, 1.82) is 0 Å². The van der Waals surface area contributed by atoms with Crippen molar-refractivity contribution in [3.05, 3.63) is 35.4 Å². The number of hydrogen-bond donors (Lipinski definition) is 5. The van der Waals surface area contributed by atoms with Gasteiger partial charge in [0.05, 0.1) is 15.2 Å². The molecule has 9 heteroatoms. The van der Waals surface area contributed by atoms with Crippen LogP contribution in [0.25, 0.3) is 0 Å². The smallest absolute Gasteiger partial charge is 0.234 e. The van der Waals surface area contributed by atoms with Crippen LogP contribution in [0.5, 0.6) is 0 Å². The minimum absolute atomic E-state index is 0.244. The maximum atomic E-state index is 12.1. The first-order valence-electron chi connectivity index (χ1n) is 10.8. The van der Waals surface area contributed by atoms with Crippen molar-refractivity contribution in [3.8, 4) is 0 Å². The lowest BCUT2D eigenvalue weighted by Crippen LogP contribution is -2.46.